The fraction of sp³-hybridized carbons (Fsp3) is 0.0364. The van der Waals surface area contributed by atoms with Gasteiger partial charge >= 0.3 is 0 Å². The summed E-state index contributed by atoms with van der Waals surface area (Å²) >= 11 is 0. The molecule has 292 valence electrons. The van der Waals surface area contributed by atoms with Crippen molar-refractivity contribution in [2.24, 2.45) is 0 Å². The molecule has 0 radical (unpaired) electrons. The first kappa shape index (κ1) is 35.6. The molecular weight excluding hydrogens is 759 g/mol. The van der Waals surface area contributed by atoms with Crippen LogP contribution in [0.2, 0.25) is 0 Å². The van der Waals surface area contributed by atoms with Crippen molar-refractivity contribution in [3.05, 3.63) is 205 Å². The smallest absolute Gasteiger partial charge is 0.238 e. The molecule has 4 heterocycles. The Kier molecular flexibility index (Phi) is 8.49. The maximum atomic E-state index is 5.28. The van der Waals surface area contributed by atoms with Crippen LogP contribution in [-0.4, -0.2) is 34.1 Å². The molecule has 0 bridgehead atoms. The van der Waals surface area contributed by atoms with Gasteiger partial charge in [-0.05, 0) is 49.2 Å². The number of rotatable bonds is 7. The Bertz CT molecular complexity index is 3380. The van der Waals surface area contributed by atoms with Gasteiger partial charge in [-0.3, -0.25) is 4.57 Å². The molecule has 0 saturated carbocycles. The molecule has 7 heteroatoms. The lowest BCUT2D eigenvalue weighted by atomic mass is 10.0. The minimum atomic E-state index is 0.609. The average Bonchev–Trinajstić information content (AvgIpc) is 3.86. The first-order valence-corrected chi connectivity index (χ1v) is 21.0. The molecule has 0 fully saturated rings. The quantitative estimate of drug-likeness (QED) is 0.161. The molecule has 0 amide bonds. The van der Waals surface area contributed by atoms with Gasteiger partial charge in [0.1, 0.15) is 0 Å². The summed E-state index contributed by atoms with van der Waals surface area (Å²) in [4.78, 5) is 26.0. The zero-order valence-electron chi connectivity index (χ0n) is 33.6. The summed E-state index contributed by atoms with van der Waals surface area (Å²) < 4.78 is 4.67. The fourth-order valence-electron chi connectivity index (χ4n) is 9.00. The lowest BCUT2D eigenvalue weighted by Crippen LogP contribution is -2.10. The second kappa shape index (κ2) is 14.8. The van der Waals surface area contributed by atoms with Crippen LogP contribution in [0.4, 0.5) is 0 Å². The summed E-state index contributed by atoms with van der Waals surface area (Å²) in [6.07, 6.45) is 6.34. The number of fused-ring (bicyclic) bond motifs is 6. The van der Waals surface area contributed by atoms with Crippen LogP contribution in [0.15, 0.2) is 194 Å². The highest BCUT2D eigenvalue weighted by molar-refractivity contribution is 6.15. The Balaban J connectivity index is 1.11. The number of nitrogens with zero attached hydrogens (tertiary/aromatic N) is 7. The first-order valence-electron chi connectivity index (χ1n) is 21.0. The van der Waals surface area contributed by atoms with Crippen LogP contribution in [-0.2, 0) is 6.42 Å². The van der Waals surface area contributed by atoms with E-state index in [0.29, 0.717) is 23.4 Å². The van der Waals surface area contributed by atoms with E-state index < -0.39 is 0 Å². The van der Waals surface area contributed by atoms with Crippen molar-refractivity contribution in [1.29, 1.82) is 0 Å². The second-order valence-corrected chi connectivity index (χ2v) is 15.6. The van der Waals surface area contributed by atoms with Crippen LogP contribution in [0.1, 0.15) is 17.7 Å². The summed E-state index contributed by atoms with van der Waals surface area (Å²) in [7, 11) is 0. The molecule has 12 rings (SSSR count). The van der Waals surface area contributed by atoms with Crippen molar-refractivity contribution in [3.63, 3.8) is 0 Å². The maximum Gasteiger partial charge on any atom is 0.238 e. The standard InChI is InChI=1S/C55H37N7/c1-5-19-36(20-6-1)45-35-46(37-21-7-2-8-22-37)57-54(56-45)42-29-15-18-32-49(42)61-47-30-16-13-27-40(47)43-34-51-44(33-50(43)61)41-28-14-17-31-48(41)62(51)55-59-52(38-23-9-3-10-24-38)58-53(60-55)39-25-11-4-12-26-39/h1-16,18-30,32-35H,17,31H2. The molecule has 0 N–H and O–H groups in total. The normalized spacial score (nSPS) is 12.3. The SMILES string of the molecule is C1=Cc2c(n(-c3nc(-c4ccccc4)nc(-c4ccccc4)n3)c3cc4c5ccccc5n(-c5ccccc5-c5nc(-c6ccccc6)cc(-c6ccccc6)n5)c4cc23)CC1. The van der Waals surface area contributed by atoms with Gasteiger partial charge in [-0.2, -0.15) is 9.97 Å². The van der Waals surface area contributed by atoms with Gasteiger partial charge in [-0.1, -0.05) is 164 Å². The largest absolute Gasteiger partial charge is 0.308 e. The molecule has 0 aliphatic heterocycles. The van der Waals surface area contributed by atoms with Crippen molar-refractivity contribution >= 4 is 38.8 Å². The van der Waals surface area contributed by atoms with Gasteiger partial charge in [0.05, 0.1) is 33.6 Å². The first-order chi connectivity index (χ1) is 30.7. The van der Waals surface area contributed by atoms with Crippen LogP contribution in [0.5, 0.6) is 0 Å². The Morgan fingerprint density at radius 1 is 0.387 bits per heavy atom. The molecule has 4 aromatic heterocycles. The zero-order chi connectivity index (χ0) is 41.0. The molecule has 0 spiro atoms. The van der Waals surface area contributed by atoms with Crippen LogP contribution in [0.25, 0.3) is 107 Å². The van der Waals surface area contributed by atoms with Crippen LogP contribution in [0, 0.1) is 0 Å². The van der Waals surface area contributed by atoms with E-state index >= 15 is 0 Å². The number of allylic oxidation sites excluding steroid dienone is 1. The zero-order valence-corrected chi connectivity index (χ0v) is 33.6. The third-order valence-corrected chi connectivity index (χ3v) is 11.9. The maximum absolute atomic E-state index is 5.28. The number of hydrogen-bond acceptors (Lipinski definition) is 5. The minimum absolute atomic E-state index is 0.609. The van der Waals surface area contributed by atoms with E-state index in [0.717, 1.165) is 90.4 Å². The van der Waals surface area contributed by atoms with Gasteiger partial charge < -0.3 is 4.57 Å². The molecular formula is C55H37N7. The summed E-state index contributed by atoms with van der Waals surface area (Å²) in [5.74, 6) is 2.55. The predicted octanol–water partition coefficient (Wildman–Crippen LogP) is 13.0. The van der Waals surface area contributed by atoms with Gasteiger partial charge in [0.15, 0.2) is 17.5 Å². The van der Waals surface area contributed by atoms with E-state index in [1.807, 2.05) is 48.5 Å². The summed E-state index contributed by atoms with van der Waals surface area (Å²) in [5.41, 5.74) is 13.3. The number of para-hydroxylation sites is 2. The number of benzene rings is 7. The van der Waals surface area contributed by atoms with E-state index in [1.165, 1.54) is 11.3 Å². The van der Waals surface area contributed by atoms with Gasteiger partial charge in [0.25, 0.3) is 0 Å². The molecule has 0 atom stereocenters. The molecule has 11 aromatic rings. The van der Waals surface area contributed by atoms with Gasteiger partial charge in [0, 0.05) is 55.2 Å². The van der Waals surface area contributed by atoms with E-state index in [1.54, 1.807) is 0 Å². The number of hydrogen-bond donors (Lipinski definition) is 0. The van der Waals surface area contributed by atoms with Crippen LogP contribution in [0.3, 0.4) is 0 Å². The Labute approximate surface area is 358 Å². The van der Waals surface area contributed by atoms with E-state index in [9.17, 15) is 0 Å². The van der Waals surface area contributed by atoms with Gasteiger partial charge in [-0.15, -0.1) is 0 Å². The highest BCUT2D eigenvalue weighted by Gasteiger charge is 2.25. The third-order valence-electron chi connectivity index (χ3n) is 11.9. The van der Waals surface area contributed by atoms with Crippen LogP contribution >= 0.6 is 0 Å². The Morgan fingerprint density at radius 2 is 0.919 bits per heavy atom. The molecule has 1 aliphatic carbocycles. The highest BCUT2D eigenvalue weighted by Crippen LogP contribution is 2.42. The highest BCUT2D eigenvalue weighted by atomic mass is 15.2. The second-order valence-electron chi connectivity index (χ2n) is 15.6. The molecule has 7 nitrogen and oxygen atoms in total. The van der Waals surface area contributed by atoms with Gasteiger partial charge in [-0.25, -0.2) is 15.0 Å². The lowest BCUT2D eigenvalue weighted by Gasteiger charge is -2.15. The van der Waals surface area contributed by atoms with Gasteiger partial charge in [0.2, 0.25) is 5.95 Å². The minimum Gasteiger partial charge on any atom is -0.308 e. The summed E-state index contributed by atoms with van der Waals surface area (Å²) in [6.45, 7) is 0. The van der Waals surface area contributed by atoms with E-state index in [4.69, 9.17) is 24.9 Å². The van der Waals surface area contributed by atoms with E-state index in [-0.39, 0.29) is 0 Å². The average molecular weight is 796 g/mol. The lowest BCUT2D eigenvalue weighted by molar-refractivity contribution is 0.839. The topological polar surface area (TPSA) is 74.3 Å². The number of aromatic nitrogens is 7. The Morgan fingerprint density at radius 3 is 1.56 bits per heavy atom. The summed E-state index contributed by atoms with van der Waals surface area (Å²) in [5, 5.41) is 3.42. The summed E-state index contributed by atoms with van der Waals surface area (Å²) in [6, 6.07) is 65.0. The van der Waals surface area contributed by atoms with Crippen molar-refractivity contribution in [2.75, 3.05) is 0 Å². The molecule has 7 aromatic carbocycles. The molecule has 0 unspecified atom stereocenters. The molecule has 62 heavy (non-hydrogen) atoms. The van der Waals surface area contributed by atoms with Crippen molar-refractivity contribution in [2.45, 2.75) is 12.8 Å². The fourth-order valence-corrected chi connectivity index (χ4v) is 9.00. The Hall–Kier alpha value is -8.29. The van der Waals surface area contributed by atoms with Crippen LogP contribution < -0.4 is 0 Å². The van der Waals surface area contributed by atoms with Crippen molar-refractivity contribution in [3.8, 4) is 68.3 Å². The van der Waals surface area contributed by atoms with E-state index in [2.05, 4.69) is 161 Å². The molecule has 0 saturated heterocycles. The molecule has 1 aliphatic rings. The third kappa shape index (κ3) is 6.01. The van der Waals surface area contributed by atoms with Crippen molar-refractivity contribution in [1.82, 2.24) is 34.1 Å². The predicted molar refractivity (Wildman–Crippen MR) is 251 cm³/mol. The van der Waals surface area contributed by atoms with Crippen molar-refractivity contribution < 1.29 is 0 Å². The monoisotopic (exact) mass is 795 g/mol.